The Labute approximate surface area is 99.7 Å². The number of carbonyl (C=O) groups is 1. The Morgan fingerprint density at radius 1 is 1.24 bits per heavy atom. The van der Waals surface area contributed by atoms with E-state index in [-0.39, 0.29) is 0 Å². The standard InChI is InChI=1S/C11H20F3NO2/c1-7(2)8(11(12,13)14)6-15-9(16)17-10(3,4)5/h7-8H,6H2,1-5H3,(H,15,16). The van der Waals surface area contributed by atoms with Gasteiger partial charge in [-0.2, -0.15) is 13.2 Å². The highest BCUT2D eigenvalue weighted by Gasteiger charge is 2.41. The van der Waals surface area contributed by atoms with Gasteiger partial charge in [0.1, 0.15) is 5.60 Å². The topological polar surface area (TPSA) is 38.3 Å². The summed E-state index contributed by atoms with van der Waals surface area (Å²) in [5, 5.41) is 2.15. The summed E-state index contributed by atoms with van der Waals surface area (Å²) in [6, 6.07) is 0. The van der Waals surface area contributed by atoms with Gasteiger partial charge in [-0.3, -0.25) is 0 Å². The molecule has 1 N–H and O–H groups in total. The predicted octanol–water partition coefficient (Wildman–Crippen LogP) is 3.35. The van der Waals surface area contributed by atoms with E-state index in [2.05, 4.69) is 5.32 Å². The molecule has 0 saturated carbocycles. The summed E-state index contributed by atoms with van der Waals surface area (Å²) in [4.78, 5) is 11.2. The highest BCUT2D eigenvalue weighted by molar-refractivity contribution is 5.67. The van der Waals surface area contributed by atoms with Crippen LogP contribution in [0, 0.1) is 11.8 Å². The summed E-state index contributed by atoms with van der Waals surface area (Å²) in [5.41, 5.74) is -0.713. The summed E-state index contributed by atoms with van der Waals surface area (Å²) >= 11 is 0. The number of hydrogen-bond acceptors (Lipinski definition) is 2. The van der Waals surface area contributed by atoms with Crippen LogP contribution in [0.2, 0.25) is 0 Å². The molecule has 3 nitrogen and oxygen atoms in total. The highest BCUT2D eigenvalue weighted by Crippen LogP contribution is 2.31. The second-order valence-electron chi connectivity index (χ2n) is 5.27. The van der Waals surface area contributed by atoms with Crippen molar-refractivity contribution >= 4 is 6.09 Å². The van der Waals surface area contributed by atoms with Crippen molar-refractivity contribution in [1.82, 2.24) is 5.32 Å². The fourth-order valence-corrected chi connectivity index (χ4v) is 1.24. The fraction of sp³-hybridized carbons (Fsp3) is 0.909. The lowest BCUT2D eigenvalue weighted by Crippen LogP contribution is -2.41. The van der Waals surface area contributed by atoms with Crippen LogP contribution in [-0.4, -0.2) is 24.4 Å². The number of ether oxygens (including phenoxy) is 1. The van der Waals surface area contributed by atoms with Crippen LogP contribution in [0.25, 0.3) is 0 Å². The first-order valence-corrected chi connectivity index (χ1v) is 5.47. The zero-order chi connectivity index (χ0) is 13.9. The number of carbonyl (C=O) groups excluding carboxylic acids is 1. The van der Waals surface area contributed by atoms with Gasteiger partial charge < -0.3 is 10.1 Å². The SMILES string of the molecule is CC(C)C(CNC(=O)OC(C)(C)C)C(F)(F)F. The Morgan fingerprint density at radius 2 is 1.71 bits per heavy atom. The van der Waals surface area contributed by atoms with Gasteiger partial charge in [-0.1, -0.05) is 13.8 Å². The molecule has 0 fully saturated rings. The predicted molar refractivity (Wildman–Crippen MR) is 58.6 cm³/mol. The number of alkyl carbamates (subject to hydrolysis) is 1. The first-order chi connectivity index (χ1) is 7.43. The van der Waals surface area contributed by atoms with Crippen LogP contribution >= 0.6 is 0 Å². The van der Waals surface area contributed by atoms with Crippen LogP contribution in [-0.2, 0) is 4.74 Å². The lowest BCUT2D eigenvalue weighted by atomic mass is 9.95. The molecular weight excluding hydrogens is 235 g/mol. The van der Waals surface area contributed by atoms with Crippen molar-refractivity contribution in [3.8, 4) is 0 Å². The van der Waals surface area contributed by atoms with Crippen LogP contribution in [0.1, 0.15) is 34.6 Å². The van der Waals surface area contributed by atoms with E-state index in [1.165, 1.54) is 13.8 Å². The maximum absolute atomic E-state index is 12.6. The summed E-state index contributed by atoms with van der Waals surface area (Å²) in [6.07, 6.45) is -5.14. The Balaban J connectivity index is 4.29. The van der Waals surface area contributed by atoms with Gasteiger partial charge in [-0.15, -0.1) is 0 Å². The van der Waals surface area contributed by atoms with Crippen LogP contribution in [0.3, 0.4) is 0 Å². The largest absolute Gasteiger partial charge is 0.444 e. The minimum atomic E-state index is -4.32. The minimum absolute atomic E-state index is 0.462. The maximum atomic E-state index is 12.6. The Morgan fingerprint density at radius 3 is 2.00 bits per heavy atom. The molecule has 0 aliphatic heterocycles. The quantitative estimate of drug-likeness (QED) is 0.839. The van der Waals surface area contributed by atoms with Crippen molar-refractivity contribution in [3.05, 3.63) is 0 Å². The van der Waals surface area contributed by atoms with Gasteiger partial charge in [0.05, 0.1) is 5.92 Å². The van der Waals surface area contributed by atoms with Crippen LogP contribution < -0.4 is 5.32 Å². The number of hydrogen-bond donors (Lipinski definition) is 1. The third kappa shape index (κ3) is 7.07. The molecule has 0 rings (SSSR count). The smallest absolute Gasteiger partial charge is 0.407 e. The zero-order valence-corrected chi connectivity index (χ0v) is 10.8. The molecule has 0 aromatic rings. The van der Waals surface area contributed by atoms with Crippen molar-refractivity contribution in [2.45, 2.75) is 46.4 Å². The van der Waals surface area contributed by atoms with Gasteiger partial charge >= 0.3 is 12.3 Å². The van der Waals surface area contributed by atoms with E-state index >= 15 is 0 Å². The van der Waals surface area contributed by atoms with E-state index < -0.39 is 36.3 Å². The molecule has 102 valence electrons. The molecule has 0 aliphatic carbocycles. The van der Waals surface area contributed by atoms with E-state index in [0.29, 0.717) is 0 Å². The molecule has 0 radical (unpaired) electrons. The van der Waals surface area contributed by atoms with E-state index in [9.17, 15) is 18.0 Å². The molecule has 0 aromatic heterocycles. The second-order valence-corrected chi connectivity index (χ2v) is 5.27. The van der Waals surface area contributed by atoms with Crippen LogP contribution in [0.4, 0.5) is 18.0 Å². The fourth-order valence-electron chi connectivity index (χ4n) is 1.24. The lowest BCUT2D eigenvalue weighted by Gasteiger charge is -2.25. The van der Waals surface area contributed by atoms with Crippen molar-refractivity contribution in [1.29, 1.82) is 0 Å². The zero-order valence-electron chi connectivity index (χ0n) is 10.8. The summed E-state index contributed by atoms with van der Waals surface area (Å²) in [7, 11) is 0. The molecule has 0 aliphatic rings. The Hall–Kier alpha value is -0.940. The van der Waals surface area contributed by atoms with Crippen molar-refractivity contribution < 1.29 is 22.7 Å². The lowest BCUT2D eigenvalue weighted by molar-refractivity contribution is -0.183. The average molecular weight is 255 g/mol. The molecule has 1 atom stereocenters. The van der Waals surface area contributed by atoms with Gasteiger partial charge in [-0.05, 0) is 26.7 Å². The van der Waals surface area contributed by atoms with Gasteiger partial charge in [0, 0.05) is 6.54 Å². The number of halogens is 3. The van der Waals surface area contributed by atoms with Crippen molar-refractivity contribution in [3.63, 3.8) is 0 Å². The summed E-state index contributed by atoms with van der Waals surface area (Å²) < 4.78 is 42.6. The molecule has 0 spiro atoms. The van der Waals surface area contributed by atoms with Crippen molar-refractivity contribution in [2.24, 2.45) is 11.8 Å². The normalized spacial score (nSPS) is 14.6. The molecule has 6 heteroatoms. The van der Waals surface area contributed by atoms with Crippen LogP contribution in [0.15, 0.2) is 0 Å². The molecule has 0 saturated heterocycles. The maximum Gasteiger partial charge on any atom is 0.407 e. The van der Waals surface area contributed by atoms with E-state index in [1.807, 2.05) is 0 Å². The number of rotatable bonds is 3. The van der Waals surface area contributed by atoms with Gasteiger partial charge in [-0.25, -0.2) is 4.79 Å². The molecule has 1 unspecified atom stereocenters. The van der Waals surface area contributed by atoms with Gasteiger partial charge in [0.15, 0.2) is 0 Å². The van der Waals surface area contributed by atoms with Crippen molar-refractivity contribution in [2.75, 3.05) is 6.54 Å². The third-order valence-corrected chi connectivity index (χ3v) is 2.09. The third-order valence-electron chi connectivity index (χ3n) is 2.09. The highest BCUT2D eigenvalue weighted by atomic mass is 19.4. The molecule has 0 bridgehead atoms. The van der Waals surface area contributed by atoms with E-state index in [1.54, 1.807) is 20.8 Å². The number of alkyl halides is 3. The first kappa shape index (κ1) is 16.1. The second kappa shape index (κ2) is 5.60. The summed E-state index contributed by atoms with van der Waals surface area (Å²) in [5.74, 6) is -2.15. The molecule has 0 heterocycles. The Kier molecular flexibility index (Phi) is 5.29. The number of nitrogens with one attached hydrogen (secondary N) is 1. The van der Waals surface area contributed by atoms with Gasteiger partial charge in [0.25, 0.3) is 0 Å². The average Bonchev–Trinajstić information content (AvgIpc) is 1.96. The molecule has 0 aromatic carbocycles. The number of amides is 1. The van der Waals surface area contributed by atoms with E-state index in [4.69, 9.17) is 4.74 Å². The monoisotopic (exact) mass is 255 g/mol. The molecular formula is C11H20F3NO2. The van der Waals surface area contributed by atoms with E-state index in [0.717, 1.165) is 0 Å². The summed E-state index contributed by atoms with van der Waals surface area (Å²) in [6.45, 7) is 7.42. The molecule has 17 heavy (non-hydrogen) atoms. The van der Waals surface area contributed by atoms with Crippen LogP contribution in [0.5, 0.6) is 0 Å². The minimum Gasteiger partial charge on any atom is -0.444 e. The van der Waals surface area contributed by atoms with Gasteiger partial charge in [0.2, 0.25) is 0 Å². The Bertz CT molecular complexity index is 256. The molecule has 1 amide bonds. The first-order valence-electron chi connectivity index (χ1n) is 5.47.